The molecule has 4 rings (SSSR count). The third-order valence-corrected chi connectivity index (χ3v) is 5.29. The minimum atomic E-state index is -0.456. The summed E-state index contributed by atoms with van der Waals surface area (Å²) in [6.45, 7) is 0. The molecule has 2 aromatic heterocycles. The van der Waals surface area contributed by atoms with Gasteiger partial charge in [-0.05, 0) is 12.1 Å². The largest absolute Gasteiger partial charge is 0.431 e. The van der Waals surface area contributed by atoms with E-state index in [0.29, 0.717) is 27.2 Å². The fraction of sp³-hybridized carbons (Fsp3) is 0.0556. The molecule has 0 saturated carbocycles. The van der Waals surface area contributed by atoms with Crippen molar-refractivity contribution in [3.05, 3.63) is 64.0 Å². The molecule has 1 N–H and O–H groups in total. The Morgan fingerprint density at radius 3 is 2.89 bits per heavy atom. The number of rotatable bonds is 6. The van der Waals surface area contributed by atoms with Crippen LogP contribution >= 0.6 is 23.1 Å². The van der Waals surface area contributed by atoms with Gasteiger partial charge in [0.05, 0.1) is 16.4 Å². The molecular formula is C18H12N4O4S2. The molecule has 140 valence electrons. The van der Waals surface area contributed by atoms with Crippen molar-refractivity contribution in [3.63, 3.8) is 0 Å². The average Bonchev–Trinajstić information content (AvgIpc) is 3.33. The van der Waals surface area contributed by atoms with Crippen molar-refractivity contribution in [1.29, 1.82) is 0 Å². The van der Waals surface area contributed by atoms with Crippen LogP contribution in [0.5, 0.6) is 0 Å². The van der Waals surface area contributed by atoms with E-state index in [9.17, 15) is 14.9 Å². The Kier molecular flexibility index (Phi) is 5.04. The molecule has 0 aliphatic heterocycles. The number of nitro benzene ring substituents is 1. The van der Waals surface area contributed by atoms with Gasteiger partial charge >= 0.3 is 0 Å². The molecule has 1 amide bonds. The average molecular weight is 412 g/mol. The molecule has 0 fully saturated rings. The quantitative estimate of drug-likeness (QED) is 0.280. The molecule has 0 saturated heterocycles. The van der Waals surface area contributed by atoms with E-state index in [0.717, 1.165) is 5.52 Å². The van der Waals surface area contributed by atoms with Crippen molar-refractivity contribution in [2.24, 2.45) is 0 Å². The molecule has 28 heavy (non-hydrogen) atoms. The van der Waals surface area contributed by atoms with E-state index in [-0.39, 0.29) is 17.3 Å². The summed E-state index contributed by atoms with van der Waals surface area (Å²) in [6, 6.07) is 13.6. The zero-order valence-electron chi connectivity index (χ0n) is 14.2. The van der Waals surface area contributed by atoms with Gasteiger partial charge in [0.1, 0.15) is 5.52 Å². The summed E-state index contributed by atoms with van der Waals surface area (Å²) >= 11 is 2.45. The lowest BCUT2D eigenvalue weighted by molar-refractivity contribution is -0.384. The SMILES string of the molecule is O=C(CSc1nc2ccccc2o1)Nc1nc(-c2cccc([N+](=O)[O-])c2)cs1. The molecular weight excluding hydrogens is 400 g/mol. The van der Waals surface area contributed by atoms with E-state index in [4.69, 9.17) is 4.42 Å². The number of thiazole rings is 1. The number of non-ortho nitro benzene ring substituents is 1. The summed E-state index contributed by atoms with van der Waals surface area (Å²) in [7, 11) is 0. The molecule has 0 spiro atoms. The number of nitro groups is 1. The first-order valence-electron chi connectivity index (χ1n) is 8.07. The second-order valence-corrected chi connectivity index (χ2v) is 7.41. The van der Waals surface area contributed by atoms with E-state index in [2.05, 4.69) is 15.3 Å². The van der Waals surface area contributed by atoms with Crippen LogP contribution in [0.3, 0.4) is 0 Å². The summed E-state index contributed by atoms with van der Waals surface area (Å²) < 4.78 is 5.56. The maximum atomic E-state index is 12.2. The minimum Gasteiger partial charge on any atom is -0.431 e. The number of thioether (sulfide) groups is 1. The lowest BCUT2D eigenvalue weighted by Crippen LogP contribution is -2.13. The van der Waals surface area contributed by atoms with Gasteiger partial charge in [-0.2, -0.15) is 0 Å². The monoisotopic (exact) mass is 412 g/mol. The number of fused-ring (bicyclic) bond motifs is 1. The number of carbonyl (C=O) groups is 1. The van der Waals surface area contributed by atoms with Gasteiger partial charge in [0, 0.05) is 23.1 Å². The van der Waals surface area contributed by atoms with E-state index < -0.39 is 4.92 Å². The van der Waals surface area contributed by atoms with Crippen molar-refractivity contribution < 1.29 is 14.1 Å². The summed E-state index contributed by atoms with van der Waals surface area (Å²) in [5.74, 6) is -0.120. The van der Waals surface area contributed by atoms with Gasteiger partial charge in [-0.3, -0.25) is 14.9 Å². The van der Waals surface area contributed by atoms with Crippen LogP contribution < -0.4 is 5.32 Å². The maximum Gasteiger partial charge on any atom is 0.270 e. The smallest absolute Gasteiger partial charge is 0.270 e. The lowest BCUT2D eigenvalue weighted by Gasteiger charge is -2.00. The first-order chi connectivity index (χ1) is 13.6. The molecule has 0 unspecified atom stereocenters. The van der Waals surface area contributed by atoms with Gasteiger partial charge in [-0.1, -0.05) is 36.0 Å². The minimum absolute atomic E-state index is 0.00850. The topological polar surface area (TPSA) is 111 Å². The van der Waals surface area contributed by atoms with Crippen molar-refractivity contribution in [2.45, 2.75) is 5.22 Å². The molecule has 4 aromatic rings. The number of oxazole rings is 1. The number of nitrogens with one attached hydrogen (secondary N) is 1. The highest BCUT2D eigenvalue weighted by Gasteiger charge is 2.13. The molecule has 0 aliphatic rings. The second kappa shape index (κ2) is 7.79. The highest BCUT2D eigenvalue weighted by Crippen LogP contribution is 2.28. The third kappa shape index (κ3) is 4.02. The first-order valence-corrected chi connectivity index (χ1v) is 9.93. The Morgan fingerprint density at radius 1 is 1.21 bits per heavy atom. The van der Waals surface area contributed by atoms with Crippen LogP contribution in [0.1, 0.15) is 0 Å². The zero-order chi connectivity index (χ0) is 19.5. The summed E-state index contributed by atoms with van der Waals surface area (Å²) in [4.78, 5) is 31.2. The number of benzene rings is 2. The number of para-hydroxylation sites is 2. The Morgan fingerprint density at radius 2 is 2.07 bits per heavy atom. The van der Waals surface area contributed by atoms with E-state index in [1.807, 2.05) is 24.3 Å². The van der Waals surface area contributed by atoms with E-state index >= 15 is 0 Å². The maximum absolute atomic E-state index is 12.2. The third-order valence-electron chi connectivity index (χ3n) is 3.70. The Labute approximate surface area is 166 Å². The van der Waals surface area contributed by atoms with E-state index in [1.165, 1.54) is 35.2 Å². The number of carbonyl (C=O) groups excluding carboxylic acids is 1. The van der Waals surface area contributed by atoms with Crippen LogP contribution in [0.25, 0.3) is 22.4 Å². The van der Waals surface area contributed by atoms with Crippen LogP contribution in [0, 0.1) is 10.1 Å². The molecule has 0 atom stereocenters. The van der Waals surface area contributed by atoms with Gasteiger partial charge in [0.2, 0.25) is 5.91 Å². The number of hydrogen-bond acceptors (Lipinski definition) is 8. The van der Waals surface area contributed by atoms with E-state index in [1.54, 1.807) is 17.5 Å². The first kappa shape index (κ1) is 18.1. The Bertz CT molecular complexity index is 1140. The standard InChI is InChI=1S/C18H12N4O4S2/c23-16(10-28-18-20-13-6-1-2-7-15(13)26-18)21-17-19-14(9-27-17)11-4-3-5-12(8-11)22(24)25/h1-9H,10H2,(H,19,21,23). The van der Waals surface area contributed by atoms with Crippen LogP contribution in [0.4, 0.5) is 10.8 Å². The molecule has 0 radical (unpaired) electrons. The molecule has 2 aromatic carbocycles. The molecule has 0 bridgehead atoms. The van der Waals surface area contributed by atoms with Gasteiger partial charge < -0.3 is 9.73 Å². The Balaban J connectivity index is 1.38. The van der Waals surface area contributed by atoms with Crippen LogP contribution in [0.15, 0.2) is 63.6 Å². The van der Waals surface area contributed by atoms with Crippen LogP contribution in [-0.2, 0) is 4.79 Å². The summed E-state index contributed by atoms with van der Waals surface area (Å²) in [5.41, 5.74) is 2.59. The van der Waals surface area contributed by atoms with Crippen molar-refractivity contribution in [3.8, 4) is 11.3 Å². The number of aromatic nitrogens is 2. The van der Waals surface area contributed by atoms with Crippen LogP contribution in [-0.4, -0.2) is 26.6 Å². The van der Waals surface area contributed by atoms with Gasteiger partial charge in [-0.15, -0.1) is 11.3 Å². The van der Waals surface area contributed by atoms with Crippen LogP contribution in [0.2, 0.25) is 0 Å². The van der Waals surface area contributed by atoms with Gasteiger partial charge in [0.15, 0.2) is 10.7 Å². The number of anilines is 1. The molecule has 0 aliphatic carbocycles. The van der Waals surface area contributed by atoms with Crippen molar-refractivity contribution >= 4 is 50.9 Å². The lowest BCUT2D eigenvalue weighted by atomic mass is 10.1. The number of hydrogen-bond donors (Lipinski definition) is 1. The van der Waals surface area contributed by atoms with Gasteiger partial charge in [0.25, 0.3) is 10.9 Å². The molecule has 10 heteroatoms. The predicted octanol–water partition coefficient (Wildman–Crippen LogP) is 4.59. The molecule has 8 nitrogen and oxygen atoms in total. The van der Waals surface area contributed by atoms with Crippen molar-refractivity contribution in [1.82, 2.24) is 9.97 Å². The second-order valence-electron chi connectivity index (χ2n) is 5.63. The predicted molar refractivity (Wildman–Crippen MR) is 108 cm³/mol. The number of amides is 1. The van der Waals surface area contributed by atoms with Gasteiger partial charge in [-0.25, -0.2) is 9.97 Å². The fourth-order valence-electron chi connectivity index (χ4n) is 2.44. The fourth-order valence-corrected chi connectivity index (χ4v) is 3.81. The summed E-state index contributed by atoms with van der Waals surface area (Å²) in [6.07, 6.45) is 0. The number of nitrogens with zero attached hydrogens (tertiary/aromatic N) is 3. The normalized spacial score (nSPS) is 10.9. The Hall–Kier alpha value is -3.24. The highest BCUT2D eigenvalue weighted by molar-refractivity contribution is 7.99. The molecule has 2 heterocycles. The summed E-state index contributed by atoms with van der Waals surface area (Å²) in [5, 5.41) is 16.2. The zero-order valence-corrected chi connectivity index (χ0v) is 15.8. The van der Waals surface area contributed by atoms with Crippen molar-refractivity contribution in [2.75, 3.05) is 11.1 Å². The highest BCUT2D eigenvalue weighted by atomic mass is 32.2.